The van der Waals surface area contributed by atoms with Crippen molar-refractivity contribution >= 4 is 5.97 Å². The zero-order chi connectivity index (χ0) is 16.5. The molecule has 0 aromatic heterocycles. The molecule has 0 radical (unpaired) electrons. The summed E-state index contributed by atoms with van der Waals surface area (Å²) in [5, 5.41) is 8.85. The van der Waals surface area contributed by atoms with Crippen LogP contribution in [0.15, 0.2) is 42.0 Å². The van der Waals surface area contributed by atoms with Gasteiger partial charge in [0.15, 0.2) is 0 Å². The Morgan fingerprint density at radius 3 is 2.22 bits per heavy atom. The summed E-state index contributed by atoms with van der Waals surface area (Å²) in [7, 11) is 0. The SMILES string of the molecule is NC1CCCCC1.O=C(O)/C=C1\CCCCC1c1ccccc1. The van der Waals surface area contributed by atoms with Gasteiger partial charge in [0.25, 0.3) is 0 Å². The molecule has 0 aliphatic heterocycles. The number of nitrogens with two attached hydrogens (primary N) is 1. The van der Waals surface area contributed by atoms with Crippen molar-refractivity contribution in [1.82, 2.24) is 0 Å². The Labute approximate surface area is 139 Å². The van der Waals surface area contributed by atoms with Gasteiger partial charge in [-0.15, -0.1) is 0 Å². The van der Waals surface area contributed by atoms with Gasteiger partial charge >= 0.3 is 5.97 Å². The molecule has 1 aromatic carbocycles. The van der Waals surface area contributed by atoms with Crippen LogP contribution in [0.1, 0.15) is 69.3 Å². The van der Waals surface area contributed by atoms with E-state index >= 15 is 0 Å². The molecule has 126 valence electrons. The number of carbonyl (C=O) groups is 1. The maximum Gasteiger partial charge on any atom is 0.328 e. The topological polar surface area (TPSA) is 63.3 Å². The number of carboxylic acid groups (broad SMARTS) is 1. The molecule has 0 saturated heterocycles. The first-order valence-electron chi connectivity index (χ1n) is 8.90. The molecule has 3 N–H and O–H groups in total. The van der Waals surface area contributed by atoms with Crippen LogP contribution >= 0.6 is 0 Å². The van der Waals surface area contributed by atoms with Crippen LogP contribution in [0.2, 0.25) is 0 Å². The van der Waals surface area contributed by atoms with Gasteiger partial charge in [-0.25, -0.2) is 4.79 Å². The Morgan fingerprint density at radius 1 is 1.00 bits per heavy atom. The molecule has 3 nitrogen and oxygen atoms in total. The van der Waals surface area contributed by atoms with E-state index in [2.05, 4.69) is 12.1 Å². The summed E-state index contributed by atoms with van der Waals surface area (Å²) in [5.74, 6) is -0.510. The quantitative estimate of drug-likeness (QED) is 0.782. The zero-order valence-corrected chi connectivity index (χ0v) is 13.9. The second-order valence-electron chi connectivity index (χ2n) is 6.66. The van der Waals surface area contributed by atoms with Crippen molar-refractivity contribution < 1.29 is 9.90 Å². The van der Waals surface area contributed by atoms with Crippen molar-refractivity contribution in [2.45, 2.75) is 69.7 Å². The van der Waals surface area contributed by atoms with Crippen molar-refractivity contribution in [3.05, 3.63) is 47.5 Å². The molecule has 1 aromatic rings. The van der Waals surface area contributed by atoms with Gasteiger partial charge in [0.1, 0.15) is 0 Å². The maximum absolute atomic E-state index is 10.8. The minimum Gasteiger partial charge on any atom is -0.478 e. The third-order valence-corrected chi connectivity index (χ3v) is 4.82. The van der Waals surface area contributed by atoms with Gasteiger partial charge in [-0.1, -0.05) is 61.6 Å². The molecule has 3 rings (SSSR count). The fourth-order valence-electron chi connectivity index (χ4n) is 3.57. The van der Waals surface area contributed by atoms with Gasteiger partial charge in [0.2, 0.25) is 0 Å². The summed E-state index contributed by atoms with van der Waals surface area (Å²) in [6, 6.07) is 10.7. The summed E-state index contributed by atoms with van der Waals surface area (Å²) < 4.78 is 0. The van der Waals surface area contributed by atoms with E-state index in [1.54, 1.807) is 0 Å². The van der Waals surface area contributed by atoms with Crippen molar-refractivity contribution in [1.29, 1.82) is 0 Å². The summed E-state index contributed by atoms with van der Waals surface area (Å²) in [4.78, 5) is 10.8. The molecular formula is C20H29NO2. The normalized spacial score (nSPS) is 23.9. The molecule has 1 atom stereocenters. The highest BCUT2D eigenvalue weighted by Gasteiger charge is 2.20. The molecular weight excluding hydrogens is 286 g/mol. The number of benzene rings is 1. The van der Waals surface area contributed by atoms with E-state index in [1.807, 2.05) is 18.2 Å². The third-order valence-electron chi connectivity index (χ3n) is 4.82. The highest BCUT2D eigenvalue weighted by Crippen LogP contribution is 2.36. The molecule has 0 spiro atoms. The van der Waals surface area contributed by atoms with Crippen molar-refractivity contribution in [2.24, 2.45) is 5.73 Å². The summed E-state index contributed by atoms with van der Waals surface area (Å²) in [6.07, 6.45) is 12.4. The molecule has 3 heteroatoms. The average molecular weight is 315 g/mol. The van der Waals surface area contributed by atoms with E-state index in [9.17, 15) is 4.79 Å². The van der Waals surface area contributed by atoms with Crippen molar-refractivity contribution in [3.63, 3.8) is 0 Å². The van der Waals surface area contributed by atoms with E-state index in [0.29, 0.717) is 12.0 Å². The van der Waals surface area contributed by atoms with Gasteiger partial charge < -0.3 is 10.8 Å². The first kappa shape index (κ1) is 17.7. The standard InChI is InChI=1S/C14H16O2.C6H13N/c15-14(16)10-12-8-4-5-9-13(12)11-6-2-1-3-7-11;7-6-4-2-1-3-5-6/h1-3,6-7,10,13H,4-5,8-9H2,(H,15,16);6H,1-5,7H2/b12-10+;. The number of aliphatic carboxylic acids is 1. The zero-order valence-electron chi connectivity index (χ0n) is 13.9. The minimum absolute atomic E-state index is 0.311. The van der Waals surface area contributed by atoms with Crippen LogP contribution in [0.3, 0.4) is 0 Å². The van der Waals surface area contributed by atoms with Crippen LogP contribution in [0.4, 0.5) is 0 Å². The van der Waals surface area contributed by atoms with E-state index in [0.717, 1.165) is 24.8 Å². The van der Waals surface area contributed by atoms with Crippen LogP contribution < -0.4 is 5.73 Å². The molecule has 23 heavy (non-hydrogen) atoms. The van der Waals surface area contributed by atoms with Crippen LogP contribution in [0, 0.1) is 0 Å². The first-order valence-corrected chi connectivity index (χ1v) is 8.90. The number of rotatable bonds is 2. The second-order valence-corrected chi connectivity index (χ2v) is 6.66. The summed E-state index contributed by atoms with van der Waals surface area (Å²) in [6.45, 7) is 0. The van der Waals surface area contributed by atoms with Gasteiger partial charge in [0, 0.05) is 18.0 Å². The van der Waals surface area contributed by atoms with E-state index in [4.69, 9.17) is 10.8 Å². The third kappa shape index (κ3) is 6.19. The van der Waals surface area contributed by atoms with E-state index in [1.165, 1.54) is 50.2 Å². The van der Waals surface area contributed by atoms with Crippen molar-refractivity contribution in [2.75, 3.05) is 0 Å². The van der Waals surface area contributed by atoms with Crippen LogP contribution in [-0.2, 0) is 4.79 Å². The monoisotopic (exact) mass is 315 g/mol. The van der Waals surface area contributed by atoms with Gasteiger partial charge in [-0.05, 0) is 37.7 Å². The molecule has 0 heterocycles. The largest absolute Gasteiger partial charge is 0.478 e. The van der Waals surface area contributed by atoms with Gasteiger partial charge in [0.05, 0.1) is 0 Å². The lowest BCUT2D eigenvalue weighted by Crippen LogP contribution is -2.22. The minimum atomic E-state index is -0.821. The Bertz CT molecular complexity index is 504. The van der Waals surface area contributed by atoms with Crippen molar-refractivity contribution in [3.8, 4) is 0 Å². The van der Waals surface area contributed by atoms with Crippen LogP contribution in [0.25, 0.3) is 0 Å². The lowest BCUT2D eigenvalue weighted by molar-refractivity contribution is -0.131. The number of hydrogen-bond acceptors (Lipinski definition) is 2. The smallest absolute Gasteiger partial charge is 0.328 e. The van der Waals surface area contributed by atoms with Crippen LogP contribution in [-0.4, -0.2) is 17.1 Å². The molecule has 2 saturated carbocycles. The first-order chi connectivity index (χ1) is 11.2. The predicted octanol–water partition coefficient (Wildman–Crippen LogP) is 4.63. The fraction of sp³-hybridized carbons (Fsp3) is 0.550. The molecule has 1 unspecified atom stereocenters. The summed E-state index contributed by atoms with van der Waals surface area (Å²) >= 11 is 0. The lowest BCUT2D eigenvalue weighted by atomic mass is 9.79. The number of allylic oxidation sites excluding steroid dienone is 1. The van der Waals surface area contributed by atoms with Gasteiger partial charge in [-0.2, -0.15) is 0 Å². The Balaban J connectivity index is 0.000000229. The highest BCUT2D eigenvalue weighted by molar-refractivity contribution is 5.81. The summed E-state index contributed by atoms with van der Waals surface area (Å²) in [5.41, 5.74) is 7.95. The Morgan fingerprint density at radius 2 is 1.65 bits per heavy atom. The molecule has 2 aliphatic rings. The Kier molecular flexibility index (Phi) is 7.34. The molecule has 0 bridgehead atoms. The predicted molar refractivity (Wildman–Crippen MR) is 94.4 cm³/mol. The average Bonchev–Trinajstić information content (AvgIpc) is 2.57. The Hall–Kier alpha value is -1.61. The highest BCUT2D eigenvalue weighted by atomic mass is 16.4. The van der Waals surface area contributed by atoms with Gasteiger partial charge in [-0.3, -0.25) is 0 Å². The number of carboxylic acids is 1. The second kappa shape index (κ2) is 9.51. The van der Waals surface area contributed by atoms with Crippen LogP contribution in [0.5, 0.6) is 0 Å². The van der Waals surface area contributed by atoms with E-state index < -0.39 is 5.97 Å². The molecule has 2 fully saturated rings. The lowest BCUT2D eigenvalue weighted by Gasteiger charge is -2.25. The number of hydrogen-bond donors (Lipinski definition) is 2. The van der Waals surface area contributed by atoms with E-state index in [-0.39, 0.29) is 0 Å². The molecule has 2 aliphatic carbocycles. The fourth-order valence-corrected chi connectivity index (χ4v) is 3.57. The molecule has 0 amide bonds. The maximum atomic E-state index is 10.8.